The Morgan fingerprint density at radius 3 is 2.39 bits per heavy atom. The second-order valence-electron chi connectivity index (χ2n) is 5.06. The van der Waals surface area contributed by atoms with Crippen molar-refractivity contribution in [1.82, 2.24) is 9.62 Å². The first-order valence-electron chi connectivity index (χ1n) is 6.25. The van der Waals surface area contributed by atoms with Gasteiger partial charge in [-0.25, -0.2) is 16.8 Å². The Hall–Kier alpha value is -0.180. The summed E-state index contributed by atoms with van der Waals surface area (Å²) < 4.78 is 49.2. The highest BCUT2D eigenvalue weighted by molar-refractivity contribution is 7.92. The van der Waals surface area contributed by atoms with Gasteiger partial charge in [0.25, 0.3) is 0 Å². The van der Waals surface area contributed by atoms with Crippen LogP contribution in [0.5, 0.6) is 0 Å². The lowest BCUT2D eigenvalue weighted by molar-refractivity contribution is 0.279. The molecule has 0 aromatic rings. The first kappa shape index (κ1) is 14.2. The lowest BCUT2D eigenvalue weighted by Crippen LogP contribution is -2.55. The summed E-state index contributed by atoms with van der Waals surface area (Å²) in [5.41, 5.74) is 0. The van der Waals surface area contributed by atoms with Crippen molar-refractivity contribution >= 4 is 19.9 Å². The van der Waals surface area contributed by atoms with Gasteiger partial charge in [0.2, 0.25) is 10.0 Å². The van der Waals surface area contributed by atoms with E-state index in [9.17, 15) is 16.8 Å². The van der Waals surface area contributed by atoms with Gasteiger partial charge in [-0.2, -0.15) is 4.31 Å². The van der Waals surface area contributed by atoms with Gasteiger partial charge in [0.05, 0.1) is 16.8 Å². The number of hydrogen-bond donors (Lipinski definition) is 1. The van der Waals surface area contributed by atoms with Crippen LogP contribution >= 0.6 is 0 Å². The molecule has 2 fully saturated rings. The van der Waals surface area contributed by atoms with Gasteiger partial charge in [-0.1, -0.05) is 0 Å². The van der Waals surface area contributed by atoms with Gasteiger partial charge in [0.15, 0.2) is 0 Å². The Balaban J connectivity index is 2.11. The molecule has 6 nitrogen and oxygen atoms in total. The molecule has 0 bridgehead atoms. The molecule has 106 valence electrons. The molecule has 0 spiro atoms. The Kier molecular flexibility index (Phi) is 4.01. The van der Waals surface area contributed by atoms with Crippen LogP contribution in [0.3, 0.4) is 0 Å². The minimum atomic E-state index is -3.36. The van der Waals surface area contributed by atoms with E-state index in [4.69, 9.17) is 0 Å². The van der Waals surface area contributed by atoms with Crippen molar-refractivity contribution in [2.24, 2.45) is 0 Å². The highest BCUT2D eigenvalue weighted by atomic mass is 32.2. The van der Waals surface area contributed by atoms with Crippen LogP contribution in [0.4, 0.5) is 0 Å². The molecule has 0 radical (unpaired) electrons. The molecular formula is C10H20N2O4S2. The van der Waals surface area contributed by atoms with Crippen molar-refractivity contribution in [3.8, 4) is 0 Å². The van der Waals surface area contributed by atoms with Crippen molar-refractivity contribution in [2.45, 2.75) is 31.1 Å². The SMILES string of the molecule is CC1CNCCN1S(=O)(=O)C1CCS(=O)(=O)CC1. The summed E-state index contributed by atoms with van der Waals surface area (Å²) in [4.78, 5) is 0. The fourth-order valence-corrected chi connectivity index (χ4v) is 6.48. The number of sulfonamides is 1. The Morgan fingerprint density at radius 1 is 1.22 bits per heavy atom. The topological polar surface area (TPSA) is 83.6 Å². The summed E-state index contributed by atoms with van der Waals surface area (Å²) in [5.74, 6) is -0.00522. The zero-order chi connectivity index (χ0) is 13.4. The molecule has 2 rings (SSSR count). The van der Waals surface area contributed by atoms with Gasteiger partial charge < -0.3 is 5.32 Å². The van der Waals surface area contributed by atoms with Gasteiger partial charge >= 0.3 is 0 Å². The highest BCUT2D eigenvalue weighted by Crippen LogP contribution is 2.24. The van der Waals surface area contributed by atoms with Gasteiger partial charge in [0, 0.05) is 25.7 Å². The third-order valence-corrected chi connectivity index (χ3v) is 7.92. The standard InChI is InChI=1S/C10H20N2O4S2/c1-9-8-11-4-5-12(9)18(15,16)10-2-6-17(13,14)7-3-10/h9-11H,2-8H2,1H3. The van der Waals surface area contributed by atoms with Crippen molar-refractivity contribution in [1.29, 1.82) is 0 Å². The molecule has 2 heterocycles. The van der Waals surface area contributed by atoms with Crippen molar-refractivity contribution < 1.29 is 16.8 Å². The molecule has 1 atom stereocenters. The molecule has 0 aliphatic carbocycles. The zero-order valence-corrected chi connectivity index (χ0v) is 12.1. The largest absolute Gasteiger partial charge is 0.314 e. The maximum Gasteiger partial charge on any atom is 0.217 e. The van der Waals surface area contributed by atoms with Crippen LogP contribution in [0.25, 0.3) is 0 Å². The predicted molar refractivity (Wildman–Crippen MR) is 69.6 cm³/mol. The van der Waals surface area contributed by atoms with Crippen molar-refractivity contribution in [2.75, 3.05) is 31.1 Å². The molecule has 2 saturated heterocycles. The van der Waals surface area contributed by atoms with Crippen LogP contribution in [0, 0.1) is 0 Å². The monoisotopic (exact) mass is 296 g/mol. The minimum Gasteiger partial charge on any atom is -0.314 e. The fourth-order valence-electron chi connectivity index (χ4n) is 2.56. The van der Waals surface area contributed by atoms with E-state index >= 15 is 0 Å². The zero-order valence-electron chi connectivity index (χ0n) is 10.5. The van der Waals surface area contributed by atoms with Gasteiger partial charge in [0.1, 0.15) is 9.84 Å². The normalized spacial score (nSPS) is 31.3. The summed E-state index contributed by atoms with van der Waals surface area (Å²) in [6, 6.07) is -0.0534. The van der Waals surface area contributed by atoms with E-state index in [1.54, 1.807) is 0 Å². The van der Waals surface area contributed by atoms with Crippen molar-refractivity contribution in [3.63, 3.8) is 0 Å². The Morgan fingerprint density at radius 2 is 1.83 bits per heavy atom. The number of rotatable bonds is 2. The average Bonchev–Trinajstić information content (AvgIpc) is 2.28. The molecule has 1 N–H and O–H groups in total. The first-order valence-corrected chi connectivity index (χ1v) is 9.57. The molecule has 2 aliphatic heterocycles. The van der Waals surface area contributed by atoms with E-state index in [1.165, 1.54) is 4.31 Å². The smallest absolute Gasteiger partial charge is 0.217 e. The van der Waals surface area contributed by atoms with Crippen LogP contribution in [0.1, 0.15) is 19.8 Å². The Bertz CT molecular complexity index is 486. The quantitative estimate of drug-likeness (QED) is 0.720. The molecule has 0 saturated carbocycles. The molecule has 1 unspecified atom stereocenters. The predicted octanol–water partition coefficient (Wildman–Crippen LogP) is -0.813. The van der Waals surface area contributed by atoms with Gasteiger partial charge in [-0.15, -0.1) is 0 Å². The molecule has 0 aromatic heterocycles. The van der Waals surface area contributed by atoms with Crippen LogP contribution in [-0.4, -0.2) is 63.6 Å². The third kappa shape index (κ3) is 2.87. The number of nitrogens with zero attached hydrogens (tertiary/aromatic N) is 1. The summed E-state index contributed by atoms with van der Waals surface area (Å²) in [6.45, 7) is 3.68. The average molecular weight is 296 g/mol. The van der Waals surface area contributed by atoms with Crippen LogP contribution in [0.2, 0.25) is 0 Å². The van der Waals surface area contributed by atoms with Crippen molar-refractivity contribution in [3.05, 3.63) is 0 Å². The summed E-state index contributed by atoms with van der Waals surface area (Å²) >= 11 is 0. The molecule has 2 aliphatic rings. The van der Waals surface area contributed by atoms with E-state index in [-0.39, 0.29) is 30.4 Å². The van der Waals surface area contributed by atoms with Crippen LogP contribution in [-0.2, 0) is 19.9 Å². The van der Waals surface area contributed by atoms with E-state index < -0.39 is 25.1 Å². The second kappa shape index (κ2) is 5.07. The molecular weight excluding hydrogens is 276 g/mol. The molecule has 8 heteroatoms. The minimum absolute atomic E-state index is 0.00261. The lowest BCUT2D eigenvalue weighted by atomic mass is 10.2. The maximum absolute atomic E-state index is 12.5. The fraction of sp³-hybridized carbons (Fsp3) is 1.00. The number of nitrogens with one attached hydrogen (secondary N) is 1. The lowest BCUT2D eigenvalue weighted by Gasteiger charge is -2.36. The molecule has 18 heavy (non-hydrogen) atoms. The number of hydrogen-bond acceptors (Lipinski definition) is 5. The first-order chi connectivity index (χ1) is 8.33. The maximum atomic E-state index is 12.5. The van der Waals surface area contributed by atoms with Gasteiger partial charge in [-0.05, 0) is 19.8 Å². The van der Waals surface area contributed by atoms with Gasteiger partial charge in [-0.3, -0.25) is 0 Å². The second-order valence-corrected chi connectivity index (χ2v) is 9.53. The van der Waals surface area contributed by atoms with E-state index in [0.29, 0.717) is 19.6 Å². The highest BCUT2D eigenvalue weighted by Gasteiger charge is 2.39. The molecule has 0 aromatic carbocycles. The third-order valence-electron chi connectivity index (χ3n) is 3.69. The van der Waals surface area contributed by atoms with Crippen LogP contribution < -0.4 is 5.32 Å². The summed E-state index contributed by atoms with van der Waals surface area (Å²) in [6.07, 6.45) is 0.475. The van der Waals surface area contributed by atoms with E-state index in [0.717, 1.165) is 0 Å². The van der Waals surface area contributed by atoms with E-state index in [2.05, 4.69) is 5.32 Å². The van der Waals surface area contributed by atoms with E-state index in [1.807, 2.05) is 6.92 Å². The molecule has 0 amide bonds. The number of sulfone groups is 1. The summed E-state index contributed by atoms with van der Waals surface area (Å²) in [5, 5.41) is 2.62. The number of piperazine rings is 1. The van der Waals surface area contributed by atoms with Crippen LogP contribution in [0.15, 0.2) is 0 Å². The Labute approximate surface area is 109 Å². The summed E-state index contributed by atoms with van der Waals surface area (Å²) in [7, 11) is -6.37.